The van der Waals surface area contributed by atoms with Crippen LogP contribution in [0.5, 0.6) is 11.5 Å². The molecule has 0 bridgehead atoms. The van der Waals surface area contributed by atoms with Crippen LogP contribution >= 0.6 is 0 Å². The summed E-state index contributed by atoms with van der Waals surface area (Å²) in [7, 11) is 2.91. The number of nitrogens with two attached hydrogens (primary N) is 1. The molecule has 0 fully saturated rings. The minimum absolute atomic E-state index is 0.144. The predicted molar refractivity (Wildman–Crippen MR) is 101 cm³/mol. The number of nitrogen functional groups attached to an aromatic ring is 1. The number of ether oxygens (including phenoxy) is 2. The number of anilines is 2. The highest BCUT2D eigenvalue weighted by molar-refractivity contribution is 6.05. The van der Waals surface area contributed by atoms with Crippen molar-refractivity contribution in [3.05, 3.63) is 44.6 Å². The molecule has 0 spiro atoms. The molecule has 0 saturated heterocycles. The maximum absolute atomic E-state index is 12.6. The molecule has 1 amide bonds. The van der Waals surface area contributed by atoms with Crippen LogP contribution in [0.15, 0.2) is 27.8 Å². The van der Waals surface area contributed by atoms with Crippen LogP contribution in [0.4, 0.5) is 11.5 Å². The summed E-state index contributed by atoms with van der Waals surface area (Å²) in [6.45, 7) is 1.65. The molecule has 1 aromatic heterocycles. The Kier molecular flexibility index (Phi) is 5.92. The van der Waals surface area contributed by atoms with Gasteiger partial charge in [-0.2, -0.15) is 0 Å². The van der Waals surface area contributed by atoms with E-state index in [1.54, 1.807) is 13.0 Å². The Bertz CT molecular complexity index is 1030. The molecule has 2 aromatic rings. The Labute approximate surface area is 155 Å². The van der Waals surface area contributed by atoms with E-state index in [1.165, 1.54) is 26.4 Å². The molecule has 9 nitrogen and oxygen atoms in total. The van der Waals surface area contributed by atoms with Gasteiger partial charge in [-0.25, -0.2) is 9.36 Å². The summed E-state index contributed by atoms with van der Waals surface area (Å²) < 4.78 is 12.3. The second kappa shape index (κ2) is 8.14. The van der Waals surface area contributed by atoms with Gasteiger partial charge >= 0.3 is 5.69 Å². The molecule has 0 aliphatic heterocycles. The van der Waals surface area contributed by atoms with Crippen molar-refractivity contribution in [2.45, 2.75) is 20.0 Å². The van der Waals surface area contributed by atoms with Gasteiger partial charge in [-0.05, 0) is 25.1 Å². The van der Waals surface area contributed by atoms with Gasteiger partial charge in [0, 0.05) is 12.1 Å². The van der Waals surface area contributed by atoms with E-state index in [0.717, 1.165) is 9.13 Å². The first-order chi connectivity index (χ1) is 12.9. The lowest BCUT2D eigenvalue weighted by Gasteiger charge is -2.15. The lowest BCUT2D eigenvalue weighted by Crippen LogP contribution is -2.42. The van der Waals surface area contributed by atoms with E-state index in [-0.39, 0.29) is 30.2 Å². The topological polar surface area (TPSA) is 118 Å². The summed E-state index contributed by atoms with van der Waals surface area (Å²) in [4.78, 5) is 37.5. The monoisotopic (exact) mass is 372 g/mol. The van der Waals surface area contributed by atoms with E-state index in [2.05, 4.69) is 11.2 Å². The third-order valence-electron chi connectivity index (χ3n) is 3.92. The van der Waals surface area contributed by atoms with Gasteiger partial charge in [-0.3, -0.25) is 14.2 Å². The normalized spacial score (nSPS) is 10.1. The quantitative estimate of drug-likeness (QED) is 0.714. The molecule has 0 aliphatic rings. The summed E-state index contributed by atoms with van der Waals surface area (Å²) in [5.74, 6) is 2.29. The average Bonchev–Trinajstić information content (AvgIpc) is 2.68. The maximum atomic E-state index is 12.6. The number of terminal acetylenes is 1. The van der Waals surface area contributed by atoms with E-state index in [9.17, 15) is 14.4 Å². The zero-order valence-electron chi connectivity index (χ0n) is 15.2. The number of carbonyl (C=O) groups is 1. The van der Waals surface area contributed by atoms with E-state index in [0.29, 0.717) is 11.5 Å². The van der Waals surface area contributed by atoms with Gasteiger partial charge < -0.3 is 20.5 Å². The minimum Gasteiger partial charge on any atom is -0.493 e. The van der Waals surface area contributed by atoms with Crippen LogP contribution in [-0.2, 0) is 13.1 Å². The number of amides is 1. The van der Waals surface area contributed by atoms with Gasteiger partial charge in [-0.15, -0.1) is 6.42 Å². The van der Waals surface area contributed by atoms with Gasteiger partial charge in [0.15, 0.2) is 11.5 Å². The van der Waals surface area contributed by atoms with Crippen LogP contribution in [0.1, 0.15) is 17.3 Å². The van der Waals surface area contributed by atoms with E-state index >= 15 is 0 Å². The smallest absolute Gasteiger partial charge is 0.333 e. The Hall–Kier alpha value is -3.67. The van der Waals surface area contributed by atoms with E-state index < -0.39 is 17.2 Å². The first kappa shape index (κ1) is 19.7. The molecule has 1 aromatic carbocycles. The summed E-state index contributed by atoms with van der Waals surface area (Å²) >= 11 is 0. The highest BCUT2D eigenvalue weighted by Crippen LogP contribution is 2.28. The fourth-order valence-corrected chi connectivity index (χ4v) is 2.53. The van der Waals surface area contributed by atoms with Crippen LogP contribution in [0.2, 0.25) is 0 Å². The van der Waals surface area contributed by atoms with Crippen LogP contribution in [0, 0.1) is 12.3 Å². The van der Waals surface area contributed by atoms with Gasteiger partial charge in [0.2, 0.25) is 0 Å². The second-order valence-electron chi connectivity index (χ2n) is 5.41. The lowest BCUT2D eigenvalue weighted by molar-refractivity contribution is 0.102. The average molecular weight is 372 g/mol. The summed E-state index contributed by atoms with van der Waals surface area (Å²) in [5.41, 5.74) is 4.52. The maximum Gasteiger partial charge on any atom is 0.333 e. The molecule has 0 atom stereocenters. The van der Waals surface area contributed by atoms with Gasteiger partial charge in [0.1, 0.15) is 11.5 Å². The molecule has 3 N–H and O–H groups in total. The van der Waals surface area contributed by atoms with Crippen molar-refractivity contribution in [1.82, 2.24) is 9.13 Å². The van der Waals surface area contributed by atoms with Crippen molar-refractivity contribution < 1.29 is 14.3 Å². The minimum atomic E-state index is -0.769. The third kappa shape index (κ3) is 3.64. The molecule has 0 saturated carbocycles. The van der Waals surface area contributed by atoms with Crippen LogP contribution in [0.3, 0.4) is 0 Å². The number of carbonyl (C=O) groups excluding carboxylic acids is 1. The Balaban J connectivity index is 2.53. The van der Waals surface area contributed by atoms with Crippen LogP contribution in [0.25, 0.3) is 0 Å². The van der Waals surface area contributed by atoms with Crippen LogP contribution < -0.4 is 31.8 Å². The van der Waals surface area contributed by atoms with Gasteiger partial charge in [-0.1, -0.05) is 5.92 Å². The van der Waals surface area contributed by atoms with Gasteiger partial charge in [0.05, 0.1) is 20.8 Å². The number of nitrogens with one attached hydrogen (secondary N) is 1. The third-order valence-corrected chi connectivity index (χ3v) is 3.92. The standard InChI is InChI=1S/C18H20N4O5/c1-5-9-22-17(24)14(15(19)21(6-2)18(22)25)20-16(23)11-7-8-12(26-3)13(10-11)27-4/h1,7-8,10H,6,9,19H2,2-4H3,(H,20,23). The highest BCUT2D eigenvalue weighted by atomic mass is 16.5. The first-order valence-electron chi connectivity index (χ1n) is 7.99. The fourth-order valence-electron chi connectivity index (χ4n) is 2.53. The zero-order valence-corrected chi connectivity index (χ0v) is 15.2. The van der Waals surface area contributed by atoms with Crippen molar-refractivity contribution in [2.75, 3.05) is 25.3 Å². The highest BCUT2D eigenvalue weighted by Gasteiger charge is 2.19. The SMILES string of the molecule is C#CCn1c(=O)c(NC(=O)c2ccc(OC)c(OC)c2)c(N)n(CC)c1=O. The number of benzene rings is 1. The Morgan fingerprint density at radius 3 is 2.44 bits per heavy atom. The molecular weight excluding hydrogens is 352 g/mol. The largest absolute Gasteiger partial charge is 0.493 e. The summed E-state index contributed by atoms with van der Waals surface area (Å²) in [5, 5.41) is 2.46. The molecule has 0 aliphatic carbocycles. The lowest BCUT2D eigenvalue weighted by atomic mass is 10.2. The number of methoxy groups -OCH3 is 2. The molecule has 0 radical (unpaired) electrons. The first-order valence-corrected chi connectivity index (χ1v) is 7.99. The van der Waals surface area contributed by atoms with Crippen molar-refractivity contribution in [3.63, 3.8) is 0 Å². The van der Waals surface area contributed by atoms with Crippen LogP contribution in [-0.4, -0.2) is 29.3 Å². The molecule has 2 rings (SSSR count). The van der Waals surface area contributed by atoms with Crippen molar-refractivity contribution in [2.24, 2.45) is 0 Å². The molecular formula is C18H20N4O5. The number of hydrogen-bond donors (Lipinski definition) is 2. The predicted octanol–water partition coefficient (Wildman–Crippen LogP) is 0.515. The number of nitrogens with zero attached hydrogens (tertiary/aromatic N) is 2. The Morgan fingerprint density at radius 2 is 1.89 bits per heavy atom. The molecule has 0 unspecified atom stereocenters. The van der Waals surface area contributed by atoms with Crippen molar-refractivity contribution in [3.8, 4) is 23.8 Å². The van der Waals surface area contributed by atoms with Crippen molar-refractivity contribution in [1.29, 1.82) is 0 Å². The van der Waals surface area contributed by atoms with Gasteiger partial charge in [0.25, 0.3) is 11.5 Å². The number of aromatic nitrogens is 2. The fraction of sp³-hybridized carbons (Fsp3) is 0.278. The number of rotatable bonds is 6. The van der Waals surface area contributed by atoms with E-state index in [4.69, 9.17) is 21.6 Å². The molecule has 9 heteroatoms. The molecule has 27 heavy (non-hydrogen) atoms. The molecule has 1 heterocycles. The summed E-state index contributed by atoms with van der Waals surface area (Å²) in [6, 6.07) is 4.52. The second-order valence-corrected chi connectivity index (χ2v) is 5.41. The van der Waals surface area contributed by atoms with Crippen molar-refractivity contribution >= 4 is 17.4 Å². The number of hydrogen-bond acceptors (Lipinski definition) is 6. The molecule has 142 valence electrons. The zero-order chi connectivity index (χ0) is 20.1. The summed E-state index contributed by atoms with van der Waals surface area (Å²) in [6.07, 6.45) is 5.23. The Morgan fingerprint density at radius 1 is 1.22 bits per heavy atom. The van der Waals surface area contributed by atoms with E-state index in [1.807, 2.05) is 0 Å².